The Balaban J connectivity index is 1.49. The average Bonchev–Trinajstić information content (AvgIpc) is 2.89. The molecule has 2 aliphatic rings. The third-order valence-corrected chi connectivity index (χ3v) is 4.29. The highest BCUT2D eigenvalue weighted by Gasteiger charge is 2.22. The first-order chi connectivity index (χ1) is 11.1. The van der Waals surface area contributed by atoms with Crippen LogP contribution in [0.1, 0.15) is 25.7 Å². The van der Waals surface area contributed by atoms with Crippen LogP contribution < -0.4 is 11.3 Å². The van der Waals surface area contributed by atoms with Crippen LogP contribution in [0.4, 0.5) is 4.79 Å². The lowest BCUT2D eigenvalue weighted by atomic mass is 10.1. The molecule has 0 atom stereocenters. The Morgan fingerprint density at radius 3 is 2.09 bits per heavy atom. The summed E-state index contributed by atoms with van der Waals surface area (Å²) in [4.78, 5) is 39.5. The predicted molar refractivity (Wildman–Crippen MR) is 85.1 cm³/mol. The summed E-state index contributed by atoms with van der Waals surface area (Å²) in [7, 11) is 0. The number of urea groups is 1. The highest BCUT2D eigenvalue weighted by atomic mass is 16.2. The fraction of sp³-hybridized carbons (Fsp3) is 0.667. The van der Waals surface area contributed by atoms with Gasteiger partial charge in [0.15, 0.2) is 0 Å². The van der Waals surface area contributed by atoms with E-state index >= 15 is 0 Å². The predicted octanol–water partition coefficient (Wildman–Crippen LogP) is -0.327. The molecule has 2 rings (SSSR count). The van der Waals surface area contributed by atoms with E-state index in [0.29, 0.717) is 19.6 Å². The maximum absolute atomic E-state index is 11.4. The van der Waals surface area contributed by atoms with Gasteiger partial charge in [0.1, 0.15) is 0 Å². The third-order valence-electron chi connectivity index (χ3n) is 4.29. The summed E-state index contributed by atoms with van der Waals surface area (Å²) in [5.74, 6) is 4.72. The van der Waals surface area contributed by atoms with Crippen molar-refractivity contribution in [1.82, 2.24) is 20.1 Å². The number of hydrogen-bond acceptors (Lipinski definition) is 5. The number of carbonyl (C=O) groups excluding carboxylic acids is 3. The Labute approximate surface area is 136 Å². The molecule has 8 heteroatoms. The van der Waals surface area contributed by atoms with E-state index in [1.54, 1.807) is 4.90 Å². The zero-order valence-electron chi connectivity index (χ0n) is 13.4. The number of nitrogens with one attached hydrogen (secondary N) is 1. The quantitative estimate of drug-likeness (QED) is 0.220. The summed E-state index contributed by atoms with van der Waals surface area (Å²) >= 11 is 0. The second-order valence-electron chi connectivity index (χ2n) is 5.85. The highest BCUT2D eigenvalue weighted by molar-refractivity contribution is 6.12. The number of nitrogens with zero attached hydrogens (tertiary/aromatic N) is 3. The lowest BCUT2D eigenvalue weighted by Crippen LogP contribution is -2.53. The first kappa shape index (κ1) is 17.4. The largest absolute Gasteiger partial charge is 0.331 e. The van der Waals surface area contributed by atoms with Crippen molar-refractivity contribution in [3.63, 3.8) is 0 Å². The van der Waals surface area contributed by atoms with Crippen LogP contribution in [-0.2, 0) is 9.59 Å². The van der Waals surface area contributed by atoms with E-state index in [0.717, 1.165) is 45.3 Å². The van der Waals surface area contributed by atoms with Crippen molar-refractivity contribution in [2.75, 3.05) is 39.3 Å². The lowest BCUT2D eigenvalue weighted by Gasteiger charge is -2.34. The second kappa shape index (κ2) is 8.64. The molecule has 0 aromatic carbocycles. The van der Waals surface area contributed by atoms with Crippen molar-refractivity contribution < 1.29 is 14.4 Å². The summed E-state index contributed by atoms with van der Waals surface area (Å²) in [5.41, 5.74) is 2.16. The van der Waals surface area contributed by atoms with E-state index in [1.807, 2.05) is 0 Å². The number of nitrogens with two attached hydrogens (primary N) is 1. The molecule has 3 N–H and O–H groups in total. The highest BCUT2D eigenvalue weighted by Crippen LogP contribution is 2.09. The fourth-order valence-electron chi connectivity index (χ4n) is 2.88. The zero-order chi connectivity index (χ0) is 16.7. The van der Waals surface area contributed by atoms with Crippen LogP contribution in [0, 0.1) is 0 Å². The molecule has 0 bridgehead atoms. The minimum atomic E-state index is -0.217. The van der Waals surface area contributed by atoms with Crippen LogP contribution in [-0.4, -0.2) is 71.8 Å². The van der Waals surface area contributed by atoms with Crippen molar-refractivity contribution in [2.45, 2.75) is 25.7 Å². The summed E-state index contributed by atoms with van der Waals surface area (Å²) in [6.07, 6.45) is 6.67. The molecule has 0 unspecified atom stereocenters. The van der Waals surface area contributed by atoms with E-state index in [1.165, 1.54) is 17.1 Å². The number of hydrogen-bond donors (Lipinski definition) is 2. The van der Waals surface area contributed by atoms with E-state index in [4.69, 9.17) is 5.84 Å². The van der Waals surface area contributed by atoms with E-state index in [-0.39, 0.29) is 17.8 Å². The van der Waals surface area contributed by atoms with Gasteiger partial charge in [-0.1, -0.05) is 12.8 Å². The van der Waals surface area contributed by atoms with Gasteiger partial charge in [0, 0.05) is 44.9 Å². The number of imide groups is 1. The number of hydrazine groups is 1. The summed E-state index contributed by atoms with van der Waals surface area (Å²) in [5, 5.41) is 0. The van der Waals surface area contributed by atoms with E-state index in [9.17, 15) is 14.4 Å². The number of amides is 4. The topological polar surface area (TPSA) is 99.0 Å². The van der Waals surface area contributed by atoms with Crippen molar-refractivity contribution in [2.24, 2.45) is 5.84 Å². The molecule has 0 aliphatic carbocycles. The average molecular weight is 323 g/mol. The molecular formula is C15H25N5O3. The van der Waals surface area contributed by atoms with Gasteiger partial charge in [-0.15, -0.1) is 0 Å². The van der Waals surface area contributed by atoms with Crippen molar-refractivity contribution in [3.8, 4) is 0 Å². The van der Waals surface area contributed by atoms with Gasteiger partial charge in [-0.3, -0.25) is 24.8 Å². The number of unbranched alkanes of at least 4 members (excludes halogenated alkanes) is 3. The maximum atomic E-state index is 11.4. The monoisotopic (exact) mass is 323 g/mol. The molecule has 23 heavy (non-hydrogen) atoms. The standard InChI is InChI=1S/C15H25N5O3/c16-17-15(23)19-11-9-18(10-12-19)7-3-1-2-4-8-20-13(21)5-6-14(20)22/h5-6H,1-4,7-12,16H2,(H,17,23). The van der Waals surface area contributed by atoms with E-state index < -0.39 is 0 Å². The van der Waals surface area contributed by atoms with Gasteiger partial charge in [0.25, 0.3) is 11.8 Å². The van der Waals surface area contributed by atoms with Gasteiger partial charge in [-0.05, 0) is 19.4 Å². The van der Waals surface area contributed by atoms with Crippen LogP contribution in [0.3, 0.4) is 0 Å². The molecule has 2 heterocycles. The van der Waals surface area contributed by atoms with Crippen LogP contribution in [0.5, 0.6) is 0 Å². The van der Waals surface area contributed by atoms with Crippen molar-refractivity contribution in [3.05, 3.63) is 12.2 Å². The van der Waals surface area contributed by atoms with Crippen molar-refractivity contribution >= 4 is 17.8 Å². The first-order valence-electron chi connectivity index (χ1n) is 8.13. The van der Waals surface area contributed by atoms with Crippen LogP contribution in [0.25, 0.3) is 0 Å². The smallest absolute Gasteiger partial charge is 0.321 e. The third kappa shape index (κ3) is 5.04. The van der Waals surface area contributed by atoms with E-state index in [2.05, 4.69) is 10.3 Å². The van der Waals surface area contributed by atoms with Gasteiger partial charge >= 0.3 is 6.03 Å². The Hall–Kier alpha value is -1.93. The summed E-state index contributed by atoms with van der Waals surface area (Å²) < 4.78 is 0. The fourth-order valence-corrected chi connectivity index (χ4v) is 2.88. The molecule has 0 saturated carbocycles. The molecule has 1 saturated heterocycles. The number of carbonyl (C=O) groups is 3. The van der Waals surface area contributed by atoms with Gasteiger partial charge in [-0.2, -0.15) is 0 Å². The zero-order valence-corrected chi connectivity index (χ0v) is 13.4. The Bertz CT molecular complexity index is 454. The molecule has 128 valence electrons. The van der Waals surface area contributed by atoms with Gasteiger partial charge < -0.3 is 4.90 Å². The molecule has 0 radical (unpaired) electrons. The van der Waals surface area contributed by atoms with Crippen molar-refractivity contribution in [1.29, 1.82) is 0 Å². The molecular weight excluding hydrogens is 298 g/mol. The normalized spacial score (nSPS) is 18.8. The Morgan fingerprint density at radius 2 is 1.52 bits per heavy atom. The van der Waals surface area contributed by atoms with Crippen LogP contribution >= 0.6 is 0 Å². The van der Waals surface area contributed by atoms with Gasteiger partial charge in [0.05, 0.1) is 0 Å². The van der Waals surface area contributed by atoms with Gasteiger partial charge in [-0.25, -0.2) is 10.6 Å². The molecule has 0 spiro atoms. The van der Waals surface area contributed by atoms with Gasteiger partial charge in [0.2, 0.25) is 0 Å². The van der Waals surface area contributed by atoms with Crippen LogP contribution in [0.15, 0.2) is 12.2 Å². The Kier molecular flexibility index (Phi) is 6.54. The maximum Gasteiger partial charge on any atom is 0.331 e. The molecule has 8 nitrogen and oxygen atoms in total. The minimum absolute atomic E-state index is 0.200. The van der Waals surface area contributed by atoms with Crippen LogP contribution in [0.2, 0.25) is 0 Å². The SMILES string of the molecule is NNC(=O)N1CCN(CCCCCCN2C(=O)C=CC2=O)CC1. The second-order valence-corrected chi connectivity index (χ2v) is 5.85. The summed E-state index contributed by atoms with van der Waals surface area (Å²) in [6.45, 7) is 4.68. The summed E-state index contributed by atoms with van der Waals surface area (Å²) in [6, 6.07) is -0.217. The first-order valence-corrected chi connectivity index (χ1v) is 8.13. The molecule has 0 aromatic heterocycles. The Morgan fingerprint density at radius 1 is 0.957 bits per heavy atom. The molecule has 1 fully saturated rings. The number of rotatable bonds is 7. The number of piperazine rings is 1. The molecule has 2 aliphatic heterocycles. The minimum Gasteiger partial charge on any atom is -0.321 e. The molecule has 0 aromatic rings. The molecule has 4 amide bonds. The lowest BCUT2D eigenvalue weighted by molar-refractivity contribution is -0.136.